The van der Waals surface area contributed by atoms with Gasteiger partial charge in [0.25, 0.3) is 5.91 Å². The minimum absolute atomic E-state index is 0.416. The lowest BCUT2D eigenvalue weighted by molar-refractivity contribution is -0.137. The maximum absolute atomic E-state index is 11.9. The number of nitrogens with one attached hydrogen (secondary N) is 2. The minimum atomic E-state index is -1.36. The lowest BCUT2D eigenvalue weighted by Crippen LogP contribution is -2.41. The van der Waals surface area contributed by atoms with Crippen LogP contribution in [-0.4, -0.2) is 61.0 Å². The quantitative estimate of drug-likeness (QED) is 0.363. The van der Waals surface area contributed by atoms with E-state index in [1.54, 1.807) is 0 Å². The number of halogens is 1. The van der Waals surface area contributed by atoms with Crippen LogP contribution >= 0.6 is 22.6 Å². The first-order chi connectivity index (χ1) is 14.0. The molecule has 4 N–H and O–H groups in total. The van der Waals surface area contributed by atoms with Gasteiger partial charge >= 0.3 is 0 Å². The molecule has 0 spiro atoms. The van der Waals surface area contributed by atoms with Gasteiger partial charge in [-0.3, -0.25) is 9.36 Å². The van der Waals surface area contributed by atoms with E-state index in [1.165, 1.54) is 24.3 Å². The molecule has 29 heavy (non-hydrogen) atoms. The van der Waals surface area contributed by atoms with Gasteiger partial charge in [0.15, 0.2) is 29.3 Å². The summed E-state index contributed by atoms with van der Waals surface area (Å²) in [6, 6.07) is 8.07. The number of aliphatic hydroxyl groups is 2. The number of carbonyl (C=O) groups excluding carboxylic acids is 1. The smallest absolute Gasteiger partial charge is 0.251 e. The fourth-order valence-corrected chi connectivity index (χ4v) is 3.86. The first kappa shape index (κ1) is 19.9. The average Bonchev–Trinajstić information content (AvgIpc) is 3.28. The molecule has 1 aromatic carbocycles. The van der Waals surface area contributed by atoms with Crippen molar-refractivity contribution in [1.82, 2.24) is 24.8 Å². The Morgan fingerprint density at radius 3 is 2.86 bits per heavy atom. The molecule has 0 bridgehead atoms. The van der Waals surface area contributed by atoms with E-state index in [0.29, 0.717) is 23.5 Å². The Balaban J connectivity index is 1.60. The molecular weight excluding hydrogens is 491 g/mol. The Hall–Kier alpha value is -2.35. The molecule has 0 radical (unpaired) electrons. The summed E-state index contributed by atoms with van der Waals surface area (Å²) in [5.74, 6) is 0.0152. The first-order valence-corrected chi connectivity index (χ1v) is 9.96. The Kier molecular flexibility index (Phi) is 5.63. The SMILES string of the molecule is CNC(=O)[C@@H]1O[C@H](n2cnc3c(NCc4cccc(I)c4)ncnc32)C(O)[C@@H]1O. The van der Waals surface area contributed by atoms with Crippen molar-refractivity contribution in [1.29, 1.82) is 0 Å². The van der Waals surface area contributed by atoms with Gasteiger partial charge in [0.05, 0.1) is 6.33 Å². The molecule has 1 aliphatic heterocycles. The van der Waals surface area contributed by atoms with Gasteiger partial charge in [-0.05, 0) is 40.3 Å². The zero-order valence-corrected chi connectivity index (χ0v) is 17.5. The van der Waals surface area contributed by atoms with E-state index in [1.807, 2.05) is 18.2 Å². The lowest BCUT2D eigenvalue weighted by Gasteiger charge is -2.16. The molecule has 0 saturated carbocycles. The predicted octanol–water partition coefficient (Wildman–Crippen LogP) is 0.408. The Morgan fingerprint density at radius 2 is 2.10 bits per heavy atom. The third-order valence-corrected chi connectivity index (χ3v) is 5.40. The minimum Gasteiger partial charge on any atom is -0.387 e. The normalized spacial score (nSPS) is 24.0. The maximum Gasteiger partial charge on any atom is 0.251 e. The van der Waals surface area contributed by atoms with Crippen molar-refractivity contribution in [3.05, 3.63) is 46.1 Å². The molecular formula is C18H19IN6O4. The Morgan fingerprint density at radius 1 is 1.28 bits per heavy atom. The van der Waals surface area contributed by atoms with Crippen molar-refractivity contribution in [3.63, 3.8) is 0 Å². The standard InChI is InChI=1S/C18H19IN6O4/c1-20-17(28)14-12(26)13(27)18(29-14)25-8-24-11-15(22-7-23-16(11)25)21-6-9-3-2-4-10(19)5-9/h2-5,7-8,12-14,18,26-27H,6H2,1H3,(H,20,28)(H,21,22,23)/t12-,13?,14+,18-/m0/s1. The topological polar surface area (TPSA) is 134 Å². The highest BCUT2D eigenvalue weighted by molar-refractivity contribution is 14.1. The van der Waals surface area contributed by atoms with Crippen LogP contribution in [0.2, 0.25) is 0 Å². The third-order valence-electron chi connectivity index (χ3n) is 4.73. The third kappa shape index (κ3) is 3.77. The van der Waals surface area contributed by atoms with E-state index >= 15 is 0 Å². The summed E-state index contributed by atoms with van der Waals surface area (Å²) >= 11 is 2.26. The fraction of sp³-hybridized carbons (Fsp3) is 0.333. The van der Waals surface area contributed by atoms with Crippen molar-refractivity contribution < 1.29 is 19.7 Å². The average molecular weight is 510 g/mol. The number of rotatable bonds is 5. The number of likely N-dealkylation sites (N-methyl/N-ethyl adjacent to an activating group) is 1. The van der Waals surface area contributed by atoms with Gasteiger partial charge in [-0.15, -0.1) is 0 Å². The van der Waals surface area contributed by atoms with Gasteiger partial charge in [0.1, 0.15) is 18.5 Å². The molecule has 1 unspecified atom stereocenters. The number of amides is 1. The molecule has 4 atom stereocenters. The summed E-state index contributed by atoms with van der Waals surface area (Å²) in [6.07, 6.45) is -2.04. The number of hydrogen-bond donors (Lipinski definition) is 4. The second kappa shape index (κ2) is 8.18. The van der Waals surface area contributed by atoms with Gasteiger partial charge in [0.2, 0.25) is 0 Å². The van der Waals surface area contributed by atoms with Gasteiger partial charge in [0, 0.05) is 17.2 Å². The van der Waals surface area contributed by atoms with Crippen molar-refractivity contribution in [2.24, 2.45) is 0 Å². The number of carbonyl (C=O) groups is 1. The number of aromatic nitrogens is 4. The molecule has 4 rings (SSSR count). The van der Waals surface area contributed by atoms with Crippen molar-refractivity contribution >= 4 is 45.5 Å². The van der Waals surface area contributed by atoms with Crippen LogP contribution < -0.4 is 10.6 Å². The van der Waals surface area contributed by atoms with E-state index < -0.39 is 30.4 Å². The highest BCUT2D eigenvalue weighted by Gasteiger charge is 2.47. The van der Waals surface area contributed by atoms with Gasteiger partial charge < -0.3 is 25.6 Å². The van der Waals surface area contributed by atoms with Gasteiger partial charge in [-0.1, -0.05) is 12.1 Å². The molecule has 2 aromatic heterocycles. The molecule has 1 saturated heterocycles. The van der Waals surface area contributed by atoms with Crippen molar-refractivity contribution in [2.45, 2.75) is 31.1 Å². The number of benzene rings is 1. The number of ether oxygens (including phenoxy) is 1. The van der Waals surface area contributed by atoms with E-state index in [0.717, 1.165) is 9.13 Å². The van der Waals surface area contributed by atoms with Gasteiger partial charge in [-0.2, -0.15) is 0 Å². The van der Waals surface area contributed by atoms with Crippen LogP contribution in [0.25, 0.3) is 11.2 Å². The van der Waals surface area contributed by atoms with Crippen LogP contribution in [-0.2, 0) is 16.1 Å². The predicted molar refractivity (Wildman–Crippen MR) is 112 cm³/mol. The molecule has 1 aliphatic rings. The zero-order chi connectivity index (χ0) is 20.5. The summed E-state index contributed by atoms with van der Waals surface area (Å²) < 4.78 is 8.23. The molecule has 1 amide bonds. The molecule has 3 aromatic rings. The van der Waals surface area contributed by atoms with Crippen LogP contribution in [0.4, 0.5) is 5.82 Å². The largest absolute Gasteiger partial charge is 0.387 e. The summed E-state index contributed by atoms with van der Waals surface area (Å²) in [6.45, 7) is 0.551. The monoisotopic (exact) mass is 510 g/mol. The molecule has 3 heterocycles. The van der Waals surface area contributed by atoms with Crippen LogP contribution in [0, 0.1) is 3.57 Å². The van der Waals surface area contributed by atoms with E-state index in [2.05, 4.69) is 54.2 Å². The number of nitrogens with zero attached hydrogens (tertiary/aromatic N) is 4. The van der Waals surface area contributed by atoms with Crippen molar-refractivity contribution in [2.75, 3.05) is 12.4 Å². The molecule has 152 valence electrons. The maximum atomic E-state index is 11.9. The van der Waals surface area contributed by atoms with Crippen LogP contribution in [0.3, 0.4) is 0 Å². The summed E-state index contributed by atoms with van der Waals surface area (Å²) in [5, 5.41) is 26.2. The molecule has 10 nitrogen and oxygen atoms in total. The lowest BCUT2D eigenvalue weighted by atomic mass is 10.1. The first-order valence-electron chi connectivity index (χ1n) is 8.88. The van der Waals surface area contributed by atoms with Crippen LogP contribution in [0.5, 0.6) is 0 Å². The molecule has 0 aliphatic carbocycles. The Bertz CT molecular complexity index is 1040. The highest BCUT2D eigenvalue weighted by Crippen LogP contribution is 2.32. The van der Waals surface area contributed by atoms with Crippen LogP contribution in [0.1, 0.15) is 11.8 Å². The van der Waals surface area contributed by atoms with Crippen molar-refractivity contribution in [3.8, 4) is 0 Å². The fourth-order valence-electron chi connectivity index (χ4n) is 3.25. The summed E-state index contributed by atoms with van der Waals surface area (Å²) in [7, 11) is 1.43. The van der Waals surface area contributed by atoms with E-state index in [9.17, 15) is 15.0 Å². The zero-order valence-electron chi connectivity index (χ0n) is 15.4. The molecule has 1 fully saturated rings. The highest BCUT2D eigenvalue weighted by atomic mass is 127. The second-order valence-electron chi connectivity index (χ2n) is 6.57. The molecule has 11 heteroatoms. The number of fused-ring (bicyclic) bond motifs is 1. The summed E-state index contributed by atoms with van der Waals surface area (Å²) in [5.41, 5.74) is 2.00. The summed E-state index contributed by atoms with van der Waals surface area (Å²) in [4.78, 5) is 24.7. The van der Waals surface area contributed by atoms with Crippen LogP contribution in [0.15, 0.2) is 36.9 Å². The van der Waals surface area contributed by atoms with E-state index in [-0.39, 0.29) is 0 Å². The number of aliphatic hydroxyl groups excluding tert-OH is 2. The Labute approximate surface area is 179 Å². The number of anilines is 1. The van der Waals surface area contributed by atoms with Gasteiger partial charge in [-0.25, -0.2) is 15.0 Å². The number of imidazole rings is 1. The second-order valence-corrected chi connectivity index (χ2v) is 7.82. The van der Waals surface area contributed by atoms with E-state index in [4.69, 9.17) is 4.74 Å². The number of hydrogen-bond acceptors (Lipinski definition) is 8.